The highest BCUT2D eigenvalue weighted by molar-refractivity contribution is 5.98. The number of urea groups is 1. The topological polar surface area (TPSA) is 103 Å². The second-order valence-electron chi connectivity index (χ2n) is 4.94. The highest BCUT2D eigenvalue weighted by Crippen LogP contribution is 2.28. The van der Waals surface area contributed by atoms with Crippen LogP contribution < -0.4 is 20.1 Å². The van der Waals surface area contributed by atoms with Gasteiger partial charge in [-0.2, -0.15) is 17.6 Å². The molecule has 2 N–H and O–H groups in total. The van der Waals surface area contributed by atoms with E-state index in [1.54, 1.807) is 0 Å². The number of esters is 1. The summed E-state index contributed by atoms with van der Waals surface area (Å²) in [5, 5.41) is 4.02. The molecule has 8 nitrogen and oxygen atoms in total. The Hall–Kier alpha value is -3.31. The normalized spacial score (nSPS) is 12.0. The lowest BCUT2D eigenvalue weighted by Gasteiger charge is -2.12. The Morgan fingerprint density at radius 2 is 1.71 bits per heavy atom. The molecule has 28 heavy (non-hydrogen) atoms. The molecule has 0 aromatic heterocycles. The van der Waals surface area contributed by atoms with E-state index in [-0.39, 0.29) is 5.56 Å². The largest absolute Gasteiger partial charge is 0.449 e. The fraction of sp³-hybridized carbons (Fsp3) is 0.312. The van der Waals surface area contributed by atoms with Crippen LogP contribution in [0.5, 0.6) is 11.5 Å². The second-order valence-corrected chi connectivity index (χ2v) is 4.94. The number of hydrogen-bond acceptors (Lipinski definition) is 6. The van der Waals surface area contributed by atoms with E-state index in [0.717, 1.165) is 30.4 Å². The van der Waals surface area contributed by atoms with Crippen LogP contribution in [0, 0.1) is 0 Å². The van der Waals surface area contributed by atoms with E-state index in [1.807, 2.05) is 5.32 Å². The van der Waals surface area contributed by atoms with E-state index >= 15 is 0 Å². The van der Waals surface area contributed by atoms with Gasteiger partial charge in [-0.3, -0.25) is 10.1 Å². The molecule has 0 bridgehead atoms. The van der Waals surface area contributed by atoms with Gasteiger partial charge in [-0.1, -0.05) is 0 Å². The molecule has 12 heteroatoms. The van der Waals surface area contributed by atoms with Crippen LogP contribution in [0.4, 0.5) is 22.4 Å². The number of halogens is 4. The second kappa shape index (κ2) is 10.7. The maximum Gasteiger partial charge on any atom is 0.387 e. The summed E-state index contributed by atoms with van der Waals surface area (Å²) in [6.45, 7) is -5.22. The highest BCUT2D eigenvalue weighted by atomic mass is 19.3. The molecule has 0 radical (unpaired) electrons. The summed E-state index contributed by atoms with van der Waals surface area (Å²) in [5.41, 5.74) is -0.0682. The Morgan fingerprint density at radius 3 is 2.29 bits per heavy atom. The molecular weight excluding hydrogens is 392 g/mol. The lowest BCUT2D eigenvalue weighted by Crippen LogP contribution is -2.43. The van der Waals surface area contributed by atoms with E-state index in [1.165, 1.54) is 14.0 Å². The van der Waals surface area contributed by atoms with Crippen LogP contribution in [-0.4, -0.2) is 44.3 Å². The van der Waals surface area contributed by atoms with Gasteiger partial charge in [0.05, 0.1) is 0 Å². The first-order valence-electron chi connectivity index (χ1n) is 7.57. The maximum absolute atomic E-state index is 12.5. The molecule has 1 aromatic carbocycles. The van der Waals surface area contributed by atoms with Crippen LogP contribution in [-0.2, 0) is 14.3 Å². The Kier molecular flexibility index (Phi) is 8.72. The van der Waals surface area contributed by atoms with Crippen molar-refractivity contribution in [1.82, 2.24) is 10.6 Å². The van der Waals surface area contributed by atoms with Crippen LogP contribution in [0.25, 0.3) is 6.08 Å². The molecular formula is C16H16F4N2O6. The third kappa shape index (κ3) is 7.93. The molecule has 0 saturated heterocycles. The van der Waals surface area contributed by atoms with Gasteiger partial charge in [0.1, 0.15) is 11.5 Å². The Morgan fingerprint density at radius 1 is 1.07 bits per heavy atom. The summed E-state index contributed by atoms with van der Waals surface area (Å²) in [7, 11) is 1.28. The molecule has 0 unspecified atom stereocenters. The zero-order valence-electron chi connectivity index (χ0n) is 14.6. The van der Waals surface area contributed by atoms with Crippen molar-refractivity contribution in [2.24, 2.45) is 0 Å². The number of benzene rings is 1. The third-order valence-corrected chi connectivity index (χ3v) is 2.95. The van der Waals surface area contributed by atoms with Gasteiger partial charge in [0, 0.05) is 24.8 Å². The van der Waals surface area contributed by atoms with E-state index < -0.39 is 48.7 Å². The number of hydrogen-bond donors (Lipinski definition) is 2. The molecule has 0 aliphatic heterocycles. The van der Waals surface area contributed by atoms with Gasteiger partial charge in [-0.25, -0.2) is 9.59 Å². The summed E-state index contributed by atoms with van der Waals surface area (Å²) in [5.74, 6) is -2.88. The summed E-state index contributed by atoms with van der Waals surface area (Å²) in [6, 6.07) is 2.14. The van der Waals surface area contributed by atoms with Crippen LogP contribution in [0.2, 0.25) is 0 Å². The number of nitrogens with one attached hydrogen (secondary N) is 2. The first-order valence-corrected chi connectivity index (χ1v) is 7.57. The van der Waals surface area contributed by atoms with Gasteiger partial charge in [0.2, 0.25) is 0 Å². The summed E-state index contributed by atoms with van der Waals surface area (Å²) in [4.78, 5) is 34.3. The number of alkyl halides is 4. The first-order chi connectivity index (χ1) is 13.1. The fourth-order valence-corrected chi connectivity index (χ4v) is 1.73. The SMILES string of the molecule is CNC(=O)NC(=O)[C@@H](C)OC(=O)/C=C/c1ccc(OC(F)F)cc1OC(F)F. The quantitative estimate of drug-likeness (QED) is 0.389. The van der Waals surface area contributed by atoms with Crippen molar-refractivity contribution in [3.8, 4) is 11.5 Å². The Balaban J connectivity index is 2.84. The van der Waals surface area contributed by atoms with Crippen molar-refractivity contribution >= 4 is 24.0 Å². The number of imide groups is 1. The number of ether oxygens (including phenoxy) is 3. The molecule has 0 aliphatic carbocycles. The van der Waals surface area contributed by atoms with E-state index in [0.29, 0.717) is 0 Å². The number of carbonyl (C=O) groups is 3. The highest BCUT2D eigenvalue weighted by Gasteiger charge is 2.18. The van der Waals surface area contributed by atoms with Crippen LogP contribution in [0.3, 0.4) is 0 Å². The average molecular weight is 408 g/mol. The molecule has 0 heterocycles. The lowest BCUT2D eigenvalue weighted by atomic mass is 10.1. The zero-order chi connectivity index (χ0) is 21.3. The third-order valence-electron chi connectivity index (χ3n) is 2.95. The lowest BCUT2D eigenvalue weighted by molar-refractivity contribution is -0.149. The summed E-state index contributed by atoms with van der Waals surface area (Å²) in [6.07, 6.45) is 0.480. The summed E-state index contributed by atoms with van der Waals surface area (Å²) >= 11 is 0. The minimum absolute atomic E-state index is 0.0682. The van der Waals surface area contributed by atoms with E-state index in [2.05, 4.69) is 14.8 Å². The standard InChI is InChI=1S/C16H16F4N2O6/c1-8(13(24)22-16(25)21-2)26-12(23)6-4-9-3-5-10(27-14(17)18)7-11(9)28-15(19)20/h3-8,14-15H,1-2H3,(H2,21,22,24,25)/b6-4+/t8-/m1/s1. The molecule has 0 fully saturated rings. The van der Waals surface area contributed by atoms with E-state index in [9.17, 15) is 31.9 Å². The minimum Gasteiger partial charge on any atom is -0.449 e. The number of amides is 3. The Labute approximate surface area is 156 Å². The zero-order valence-corrected chi connectivity index (χ0v) is 14.6. The van der Waals surface area contributed by atoms with Crippen molar-refractivity contribution in [1.29, 1.82) is 0 Å². The molecule has 3 amide bonds. The molecule has 1 atom stereocenters. The smallest absolute Gasteiger partial charge is 0.387 e. The van der Waals surface area contributed by atoms with Crippen molar-refractivity contribution in [3.05, 3.63) is 29.8 Å². The van der Waals surface area contributed by atoms with Gasteiger partial charge < -0.3 is 19.5 Å². The van der Waals surface area contributed by atoms with E-state index in [4.69, 9.17) is 4.74 Å². The van der Waals surface area contributed by atoms with Gasteiger partial charge in [0.15, 0.2) is 6.10 Å². The first kappa shape index (κ1) is 22.7. The van der Waals surface area contributed by atoms with Crippen molar-refractivity contribution in [3.63, 3.8) is 0 Å². The predicted octanol–water partition coefficient (Wildman–Crippen LogP) is 2.29. The molecule has 1 rings (SSSR count). The van der Waals surface area contributed by atoms with Crippen LogP contribution in [0.1, 0.15) is 12.5 Å². The molecule has 154 valence electrons. The fourth-order valence-electron chi connectivity index (χ4n) is 1.73. The van der Waals surface area contributed by atoms with Gasteiger partial charge in [-0.05, 0) is 25.1 Å². The minimum atomic E-state index is -3.26. The molecule has 1 aromatic rings. The van der Waals surface area contributed by atoms with Crippen LogP contribution in [0.15, 0.2) is 24.3 Å². The molecule has 0 spiro atoms. The monoisotopic (exact) mass is 408 g/mol. The summed E-state index contributed by atoms with van der Waals surface area (Å²) < 4.78 is 62.4. The van der Waals surface area contributed by atoms with Crippen molar-refractivity contribution in [2.45, 2.75) is 26.3 Å². The number of rotatable bonds is 8. The number of carbonyl (C=O) groups excluding carboxylic acids is 3. The van der Waals surface area contributed by atoms with Crippen molar-refractivity contribution in [2.75, 3.05) is 7.05 Å². The van der Waals surface area contributed by atoms with Crippen molar-refractivity contribution < 1.29 is 46.2 Å². The maximum atomic E-state index is 12.5. The molecule has 0 aliphatic rings. The Bertz CT molecular complexity index is 742. The van der Waals surface area contributed by atoms with Gasteiger partial charge >= 0.3 is 25.2 Å². The average Bonchev–Trinajstić information content (AvgIpc) is 2.59. The van der Waals surface area contributed by atoms with Gasteiger partial charge in [0.25, 0.3) is 5.91 Å². The van der Waals surface area contributed by atoms with Gasteiger partial charge in [-0.15, -0.1) is 0 Å². The predicted molar refractivity (Wildman–Crippen MR) is 86.9 cm³/mol. The van der Waals surface area contributed by atoms with Crippen LogP contribution >= 0.6 is 0 Å². The molecule has 0 saturated carbocycles.